The Morgan fingerprint density at radius 1 is 1.43 bits per heavy atom. The van der Waals surface area contributed by atoms with Crippen molar-refractivity contribution in [1.82, 2.24) is 0 Å². The van der Waals surface area contributed by atoms with E-state index in [1.54, 1.807) is 0 Å². The standard InChI is InChI=1S/C11H21BrN.BrH/c1-10(2,3)13-8-11(4,5)6-9(13)7-12;/h8-9H,6-7H2,1-5H3;1H/q+1;/p-1. The summed E-state index contributed by atoms with van der Waals surface area (Å²) in [5.74, 6) is 0. The van der Waals surface area contributed by atoms with Gasteiger partial charge in [-0.15, -0.1) is 0 Å². The zero-order chi connectivity index (χ0) is 10.3. The summed E-state index contributed by atoms with van der Waals surface area (Å²) in [4.78, 5) is 0. The summed E-state index contributed by atoms with van der Waals surface area (Å²) < 4.78 is 2.50. The highest BCUT2D eigenvalue weighted by molar-refractivity contribution is 9.09. The summed E-state index contributed by atoms with van der Waals surface area (Å²) in [5, 5.41) is 1.07. The Balaban J connectivity index is 0.00000169. The van der Waals surface area contributed by atoms with Gasteiger partial charge < -0.3 is 17.0 Å². The first-order chi connectivity index (χ1) is 5.76. The predicted molar refractivity (Wildman–Crippen MR) is 62.1 cm³/mol. The normalized spacial score (nSPS) is 25.6. The van der Waals surface area contributed by atoms with Gasteiger partial charge in [0.25, 0.3) is 0 Å². The summed E-state index contributed by atoms with van der Waals surface area (Å²) in [6.07, 6.45) is 3.66. The van der Waals surface area contributed by atoms with Gasteiger partial charge in [-0.05, 0) is 20.8 Å². The van der Waals surface area contributed by atoms with Crippen molar-refractivity contribution in [2.45, 2.75) is 52.6 Å². The van der Waals surface area contributed by atoms with E-state index in [0.717, 1.165) is 5.33 Å². The quantitative estimate of drug-likeness (QED) is 0.474. The van der Waals surface area contributed by atoms with Gasteiger partial charge in [0.05, 0.1) is 5.33 Å². The van der Waals surface area contributed by atoms with Crippen molar-refractivity contribution in [2.75, 3.05) is 5.33 Å². The van der Waals surface area contributed by atoms with Gasteiger partial charge in [-0.25, -0.2) is 4.58 Å². The van der Waals surface area contributed by atoms with Gasteiger partial charge in [-0.2, -0.15) is 0 Å². The molecule has 0 bridgehead atoms. The van der Waals surface area contributed by atoms with Crippen LogP contribution in [-0.2, 0) is 0 Å². The molecule has 0 aromatic heterocycles. The molecule has 1 rings (SSSR count). The summed E-state index contributed by atoms with van der Waals surface area (Å²) in [7, 11) is 0. The van der Waals surface area contributed by atoms with E-state index in [1.165, 1.54) is 6.42 Å². The zero-order valence-electron chi connectivity index (χ0n) is 9.77. The van der Waals surface area contributed by atoms with Crippen LogP contribution in [-0.4, -0.2) is 27.7 Å². The number of rotatable bonds is 1. The molecule has 1 heterocycles. The Bertz CT molecular complexity index is 226. The molecule has 0 saturated carbocycles. The highest BCUT2D eigenvalue weighted by Gasteiger charge is 2.42. The van der Waals surface area contributed by atoms with Crippen LogP contribution in [0, 0.1) is 5.41 Å². The fraction of sp³-hybridized carbons (Fsp3) is 0.909. The van der Waals surface area contributed by atoms with Crippen molar-refractivity contribution in [2.24, 2.45) is 5.41 Å². The molecule has 1 aliphatic heterocycles. The Hall–Kier alpha value is 0.630. The predicted octanol–water partition coefficient (Wildman–Crippen LogP) is 0.0656. The third-order valence-corrected chi connectivity index (χ3v) is 3.34. The lowest BCUT2D eigenvalue weighted by atomic mass is 9.91. The van der Waals surface area contributed by atoms with Gasteiger partial charge in [0.15, 0.2) is 11.6 Å². The van der Waals surface area contributed by atoms with Crippen molar-refractivity contribution in [1.29, 1.82) is 0 Å². The first-order valence-electron chi connectivity index (χ1n) is 4.97. The summed E-state index contributed by atoms with van der Waals surface area (Å²) in [5.41, 5.74) is 0.623. The molecule has 0 N–H and O–H groups in total. The third-order valence-electron chi connectivity index (χ3n) is 2.60. The minimum atomic E-state index is 0. The number of halogens is 2. The van der Waals surface area contributed by atoms with E-state index in [0.29, 0.717) is 11.5 Å². The molecule has 0 radical (unpaired) electrons. The molecule has 14 heavy (non-hydrogen) atoms. The summed E-state index contributed by atoms with van der Waals surface area (Å²) >= 11 is 3.60. The second kappa shape index (κ2) is 4.65. The minimum Gasteiger partial charge on any atom is -1.00 e. The van der Waals surface area contributed by atoms with Gasteiger partial charge in [-0.1, -0.05) is 29.8 Å². The lowest BCUT2D eigenvalue weighted by Gasteiger charge is -2.20. The maximum Gasteiger partial charge on any atom is 0.163 e. The molecule has 84 valence electrons. The van der Waals surface area contributed by atoms with Crippen molar-refractivity contribution >= 4 is 22.1 Å². The molecule has 0 saturated heterocycles. The molecule has 0 fully saturated rings. The van der Waals surface area contributed by atoms with Crippen molar-refractivity contribution in [3.05, 3.63) is 0 Å². The highest BCUT2D eigenvalue weighted by Crippen LogP contribution is 2.31. The number of hydrogen-bond acceptors (Lipinski definition) is 0. The van der Waals surface area contributed by atoms with Gasteiger partial charge in [0, 0.05) is 11.8 Å². The van der Waals surface area contributed by atoms with Crippen LogP contribution in [0.5, 0.6) is 0 Å². The monoisotopic (exact) mass is 325 g/mol. The van der Waals surface area contributed by atoms with E-state index in [2.05, 4.69) is 61.3 Å². The molecular weight excluding hydrogens is 306 g/mol. The second-order valence-corrected chi connectivity index (χ2v) is 6.36. The van der Waals surface area contributed by atoms with E-state index in [1.807, 2.05) is 0 Å². The molecule has 1 nitrogen and oxygen atoms in total. The van der Waals surface area contributed by atoms with E-state index in [4.69, 9.17) is 0 Å². The number of alkyl halides is 1. The van der Waals surface area contributed by atoms with Crippen LogP contribution in [0.4, 0.5) is 0 Å². The van der Waals surface area contributed by atoms with Crippen LogP contribution in [0.15, 0.2) is 0 Å². The SMILES string of the molecule is CC1(C)C=[N+](C(C)(C)C)C(CBr)C1.[Br-]. The van der Waals surface area contributed by atoms with E-state index < -0.39 is 0 Å². The van der Waals surface area contributed by atoms with Crippen molar-refractivity contribution < 1.29 is 21.6 Å². The molecule has 0 amide bonds. The van der Waals surface area contributed by atoms with E-state index in [-0.39, 0.29) is 22.5 Å². The fourth-order valence-electron chi connectivity index (χ4n) is 2.11. The largest absolute Gasteiger partial charge is 1.00 e. The Labute approximate surface area is 107 Å². The van der Waals surface area contributed by atoms with E-state index in [9.17, 15) is 0 Å². The molecule has 0 aromatic carbocycles. The maximum atomic E-state index is 3.60. The van der Waals surface area contributed by atoms with Crippen molar-refractivity contribution in [3.8, 4) is 0 Å². The van der Waals surface area contributed by atoms with Crippen LogP contribution < -0.4 is 17.0 Å². The Kier molecular flexibility index (Phi) is 4.86. The van der Waals surface area contributed by atoms with Gasteiger partial charge >= 0.3 is 0 Å². The maximum absolute atomic E-state index is 3.60. The number of nitrogens with zero attached hydrogens (tertiary/aromatic N) is 1. The minimum absolute atomic E-state index is 0. The van der Waals surface area contributed by atoms with Crippen LogP contribution in [0.1, 0.15) is 41.0 Å². The highest BCUT2D eigenvalue weighted by atomic mass is 79.9. The lowest BCUT2D eigenvalue weighted by molar-refractivity contribution is -0.615. The van der Waals surface area contributed by atoms with Gasteiger partial charge in [0.2, 0.25) is 0 Å². The molecule has 0 aliphatic carbocycles. The smallest absolute Gasteiger partial charge is 0.163 e. The van der Waals surface area contributed by atoms with E-state index >= 15 is 0 Å². The summed E-state index contributed by atoms with van der Waals surface area (Å²) in [6.45, 7) is 11.5. The Morgan fingerprint density at radius 2 is 1.93 bits per heavy atom. The molecule has 0 aromatic rings. The average Bonchev–Trinajstić information content (AvgIpc) is 2.24. The average molecular weight is 327 g/mol. The van der Waals surface area contributed by atoms with Gasteiger partial charge in [0.1, 0.15) is 6.21 Å². The molecule has 0 spiro atoms. The first-order valence-corrected chi connectivity index (χ1v) is 6.09. The lowest BCUT2D eigenvalue weighted by Crippen LogP contribution is -3.00. The van der Waals surface area contributed by atoms with Crippen LogP contribution in [0.3, 0.4) is 0 Å². The van der Waals surface area contributed by atoms with Crippen LogP contribution in [0.2, 0.25) is 0 Å². The molecule has 1 atom stereocenters. The first kappa shape index (κ1) is 14.6. The third kappa shape index (κ3) is 3.34. The van der Waals surface area contributed by atoms with Gasteiger partial charge in [-0.3, -0.25) is 0 Å². The second-order valence-electron chi connectivity index (χ2n) is 5.71. The van der Waals surface area contributed by atoms with Crippen molar-refractivity contribution in [3.63, 3.8) is 0 Å². The molecule has 3 heteroatoms. The molecule has 1 unspecified atom stereocenters. The topological polar surface area (TPSA) is 3.01 Å². The zero-order valence-corrected chi connectivity index (χ0v) is 12.9. The molecule has 1 aliphatic rings. The van der Waals surface area contributed by atoms with Crippen LogP contribution in [0.25, 0.3) is 0 Å². The fourth-order valence-corrected chi connectivity index (χ4v) is 2.65. The summed E-state index contributed by atoms with van der Waals surface area (Å²) in [6, 6.07) is 0.662. The van der Waals surface area contributed by atoms with Crippen LogP contribution >= 0.6 is 15.9 Å². The number of hydrogen-bond donors (Lipinski definition) is 0. The Morgan fingerprint density at radius 3 is 2.21 bits per heavy atom. The molecular formula is C11H21Br2N.